The van der Waals surface area contributed by atoms with E-state index in [4.69, 9.17) is 4.74 Å². The molecule has 0 aliphatic rings. The van der Waals surface area contributed by atoms with Gasteiger partial charge in [-0.1, -0.05) is 34.6 Å². The quantitative estimate of drug-likeness (QED) is 0.820. The maximum atomic E-state index is 12.3. The highest BCUT2D eigenvalue weighted by Gasteiger charge is 2.31. The van der Waals surface area contributed by atoms with Crippen LogP contribution in [-0.2, 0) is 22.0 Å². The van der Waals surface area contributed by atoms with Crippen LogP contribution in [-0.4, -0.2) is 28.9 Å². The van der Waals surface area contributed by atoms with Gasteiger partial charge in [0.2, 0.25) is 0 Å². The third-order valence-corrected chi connectivity index (χ3v) is 3.13. The Morgan fingerprint density at radius 3 is 2.52 bits per heavy atom. The van der Waals surface area contributed by atoms with Gasteiger partial charge in [-0.15, -0.1) is 0 Å². The van der Waals surface area contributed by atoms with Crippen LogP contribution in [0.2, 0.25) is 0 Å². The summed E-state index contributed by atoms with van der Waals surface area (Å²) in [4.78, 5) is 12.3. The second kappa shape index (κ2) is 7.07. The summed E-state index contributed by atoms with van der Waals surface area (Å²) in [6, 6.07) is -0.463. The number of hydrogen-bond donors (Lipinski definition) is 1. The Morgan fingerprint density at radius 1 is 1.43 bits per heavy atom. The fraction of sp³-hybridized carbons (Fsp3) is 0.750. The van der Waals surface area contributed by atoms with E-state index in [1.807, 2.05) is 20.2 Å². The molecule has 1 N–H and O–H groups in total. The third kappa shape index (κ3) is 4.84. The number of nitrogens with zero attached hydrogens (tertiary/aromatic N) is 2. The molecule has 0 radical (unpaired) electrons. The smallest absolute Gasteiger partial charge is 0.327 e. The molecular weight excluding hydrogens is 266 g/mol. The first-order valence-corrected chi connectivity index (χ1v) is 7.60. The molecule has 1 aromatic rings. The average molecular weight is 295 g/mol. The van der Waals surface area contributed by atoms with Crippen LogP contribution >= 0.6 is 0 Å². The number of carbonyl (C=O) groups excluding carboxylic acids is 1. The fourth-order valence-electron chi connectivity index (χ4n) is 2.20. The molecule has 0 fully saturated rings. The first-order chi connectivity index (χ1) is 9.66. The van der Waals surface area contributed by atoms with Gasteiger partial charge in [-0.25, -0.2) is 4.79 Å². The van der Waals surface area contributed by atoms with Crippen molar-refractivity contribution < 1.29 is 9.53 Å². The number of aryl methyl sites for hydroxylation is 1. The lowest BCUT2D eigenvalue weighted by molar-refractivity contribution is -0.145. The molecular formula is C16H29N3O2. The van der Waals surface area contributed by atoms with E-state index >= 15 is 0 Å². The van der Waals surface area contributed by atoms with Crippen LogP contribution in [0.5, 0.6) is 0 Å². The number of nitrogens with one attached hydrogen (secondary N) is 1. The van der Waals surface area contributed by atoms with Crippen LogP contribution in [0.25, 0.3) is 0 Å². The fourth-order valence-corrected chi connectivity index (χ4v) is 2.20. The molecule has 0 saturated carbocycles. The predicted molar refractivity (Wildman–Crippen MR) is 84.1 cm³/mol. The van der Waals surface area contributed by atoms with Crippen molar-refractivity contribution in [3.63, 3.8) is 0 Å². The van der Waals surface area contributed by atoms with Crippen molar-refractivity contribution in [1.82, 2.24) is 15.1 Å². The van der Waals surface area contributed by atoms with E-state index in [9.17, 15) is 4.79 Å². The molecule has 21 heavy (non-hydrogen) atoms. The number of rotatable bonds is 6. The number of aromatic nitrogens is 2. The summed E-state index contributed by atoms with van der Waals surface area (Å²) in [6.45, 7) is 13.5. The highest BCUT2D eigenvalue weighted by atomic mass is 16.5. The van der Waals surface area contributed by atoms with E-state index in [0.717, 1.165) is 17.8 Å². The van der Waals surface area contributed by atoms with Gasteiger partial charge in [0, 0.05) is 24.2 Å². The van der Waals surface area contributed by atoms with Gasteiger partial charge in [0.1, 0.15) is 6.04 Å². The van der Waals surface area contributed by atoms with Gasteiger partial charge >= 0.3 is 5.97 Å². The molecule has 0 bridgehead atoms. The van der Waals surface area contributed by atoms with Crippen molar-refractivity contribution in [3.05, 3.63) is 17.5 Å². The zero-order valence-electron chi connectivity index (χ0n) is 14.4. The SMILES string of the molecule is CCOC(=O)C(NCC(C)C)c1cn(C)nc1C(C)(C)C. The average Bonchev–Trinajstić information content (AvgIpc) is 2.71. The lowest BCUT2D eigenvalue weighted by Crippen LogP contribution is -2.34. The van der Waals surface area contributed by atoms with E-state index in [1.165, 1.54) is 0 Å². The summed E-state index contributed by atoms with van der Waals surface area (Å²) < 4.78 is 6.99. The second-order valence-corrected chi connectivity index (χ2v) is 6.84. The summed E-state index contributed by atoms with van der Waals surface area (Å²) >= 11 is 0. The highest BCUT2D eigenvalue weighted by Crippen LogP contribution is 2.29. The van der Waals surface area contributed by atoms with Crippen LogP contribution < -0.4 is 5.32 Å². The summed E-state index contributed by atoms with van der Waals surface area (Å²) in [7, 11) is 1.88. The molecule has 1 rings (SSSR count). The minimum atomic E-state index is -0.463. The molecule has 1 heterocycles. The Bertz CT molecular complexity index is 472. The standard InChI is InChI=1S/C16H29N3O2/c1-8-21-15(20)13(17-9-11(2)3)12-10-19(7)18-14(12)16(4,5)6/h10-11,13,17H,8-9H2,1-7H3. The molecule has 0 spiro atoms. The molecule has 1 unspecified atom stereocenters. The molecule has 120 valence electrons. The van der Waals surface area contributed by atoms with Crippen LogP contribution in [0, 0.1) is 5.92 Å². The second-order valence-electron chi connectivity index (χ2n) is 6.84. The van der Waals surface area contributed by atoms with Gasteiger partial charge in [0.25, 0.3) is 0 Å². The van der Waals surface area contributed by atoms with Crippen molar-refractivity contribution in [2.75, 3.05) is 13.2 Å². The first-order valence-electron chi connectivity index (χ1n) is 7.60. The van der Waals surface area contributed by atoms with Gasteiger partial charge < -0.3 is 10.1 Å². The van der Waals surface area contributed by atoms with Crippen molar-refractivity contribution in [1.29, 1.82) is 0 Å². The van der Waals surface area contributed by atoms with Crippen LogP contribution in [0.4, 0.5) is 0 Å². The molecule has 1 atom stereocenters. The Balaban J connectivity index is 3.16. The van der Waals surface area contributed by atoms with Crippen molar-refractivity contribution >= 4 is 5.97 Å². The summed E-state index contributed by atoms with van der Waals surface area (Å²) in [5.41, 5.74) is 1.71. The molecule has 0 amide bonds. The molecule has 0 aliphatic heterocycles. The zero-order chi connectivity index (χ0) is 16.2. The van der Waals surface area contributed by atoms with Gasteiger partial charge in [-0.05, 0) is 19.4 Å². The van der Waals surface area contributed by atoms with E-state index < -0.39 is 6.04 Å². The van der Waals surface area contributed by atoms with E-state index in [0.29, 0.717) is 12.5 Å². The topological polar surface area (TPSA) is 56.1 Å². The zero-order valence-corrected chi connectivity index (χ0v) is 14.4. The number of hydrogen-bond acceptors (Lipinski definition) is 4. The van der Waals surface area contributed by atoms with Gasteiger partial charge in [-0.3, -0.25) is 4.68 Å². The minimum Gasteiger partial charge on any atom is -0.465 e. The molecule has 0 saturated heterocycles. The van der Waals surface area contributed by atoms with Crippen LogP contribution in [0.3, 0.4) is 0 Å². The summed E-state index contributed by atoms with van der Waals surface area (Å²) in [6.07, 6.45) is 1.91. The highest BCUT2D eigenvalue weighted by molar-refractivity contribution is 5.78. The minimum absolute atomic E-state index is 0.124. The van der Waals surface area contributed by atoms with Crippen LogP contribution in [0.15, 0.2) is 6.20 Å². The number of ether oxygens (including phenoxy) is 1. The van der Waals surface area contributed by atoms with Crippen LogP contribution in [0.1, 0.15) is 58.8 Å². The molecule has 0 aromatic carbocycles. The monoisotopic (exact) mass is 295 g/mol. The molecule has 5 nitrogen and oxygen atoms in total. The van der Waals surface area contributed by atoms with Gasteiger partial charge in [0.05, 0.1) is 12.3 Å². The summed E-state index contributed by atoms with van der Waals surface area (Å²) in [5.74, 6) is 0.216. The van der Waals surface area contributed by atoms with E-state index in [1.54, 1.807) is 4.68 Å². The Kier molecular flexibility index (Phi) is 5.96. The largest absolute Gasteiger partial charge is 0.465 e. The summed E-state index contributed by atoms with van der Waals surface area (Å²) in [5, 5.41) is 7.86. The van der Waals surface area contributed by atoms with Crippen molar-refractivity contribution in [2.24, 2.45) is 13.0 Å². The van der Waals surface area contributed by atoms with Crippen molar-refractivity contribution in [3.8, 4) is 0 Å². The number of carbonyl (C=O) groups is 1. The maximum Gasteiger partial charge on any atom is 0.327 e. The molecule has 1 aromatic heterocycles. The Labute approximate surface area is 128 Å². The molecule has 5 heteroatoms. The van der Waals surface area contributed by atoms with Gasteiger partial charge in [-0.2, -0.15) is 5.10 Å². The molecule has 0 aliphatic carbocycles. The Hall–Kier alpha value is -1.36. The first kappa shape index (κ1) is 17.7. The van der Waals surface area contributed by atoms with E-state index in [-0.39, 0.29) is 11.4 Å². The van der Waals surface area contributed by atoms with Crippen molar-refractivity contribution in [2.45, 2.75) is 53.0 Å². The normalized spacial score (nSPS) is 13.5. The van der Waals surface area contributed by atoms with E-state index in [2.05, 4.69) is 45.0 Å². The maximum absolute atomic E-state index is 12.3. The van der Waals surface area contributed by atoms with Gasteiger partial charge in [0.15, 0.2) is 0 Å². The Morgan fingerprint density at radius 2 is 2.05 bits per heavy atom. The number of esters is 1. The lowest BCUT2D eigenvalue weighted by Gasteiger charge is -2.23. The third-order valence-electron chi connectivity index (χ3n) is 3.13. The predicted octanol–water partition coefficient (Wildman–Crippen LogP) is 2.57. The lowest BCUT2D eigenvalue weighted by atomic mass is 9.87.